The first kappa shape index (κ1) is 17.5. The predicted octanol–water partition coefficient (Wildman–Crippen LogP) is 2.20. The van der Waals surface area contributed by atoms with E-state index < -0.39 is 21.5 Å². The van der Waals surface area contributed by atoms with Crippen molar-refractivity contribution in [3.63, 3.8) is 0 Å². The van der Waals surface area contributed by atoms with E-state index in [9.17, 15) is 13.2 Å². The fraction of sp³-hybridized carbons (Fsp3) is 0.500. The highest BCUT2D eigenvalue weighted by atomic mass is 32.2. The SMILES string of the molecule is CC[C@@H](C)[C@H](NC(=O)CS(=O)(=O)CC)c1nc2ccccc2[nH]1. The number of nitrogens with one attached hydrogen (secondary N) is 2. The van der Waals surface area contributed by atoms with Gasteiger partial charge in [0.15, 0.2) is 9.84 Å². The zero-order valence-corrected chi connectivity index (χ0v) is 14.5. The van der Waals surface area contributed by atoms with Crippen LogP contribution in [0, 0.1) is 5.92 Å². The average molecular weight is 337 g/mol. The third kappa shape index (κ3) is 4.31. The van der Waals surface area contributed by atoms with Crippen LogP contribution < -0.4 is 5.32 Å². The van der Waals surface area contributed by atoms with Gasteiger partial charge in [0.25, 0.3) is 0 Å². The molecule has 126 valence electrons. The number of fused-ring (bicyclic) bond motifs is 1. The molecular weight excluding hydrogens is 314 g/mol. The molecule has 0 radical (unpaired) electrons. The summed E-state index contributed by atoms with van der Waals surface area (Å²) in [5.74, 6) is -0.236. The van der Waals surface area contributed by atoms with Crippen molar-refractivity contribution in [3.8, 4) is 0 Å². The number of aromatic amines is 1. The van der Waals surface area contributed by atoms with E-state index in [1.165, 1.54) is 6.92 Å². The van der Waals surface area contributed by atoms with Crippen LogP contribution in [0.3, 0.4) is 0 Å². The molecule has 0 saturated heterocycles. The largest absolute Gasteiger partial charge is 0.345 e. The van der Waals surface area contributed by atoms with Crippen molar-refractivity contribution in [2.45, 2.75) is 33.2 Å². The second-order valence-electron chi connectivity index (χ2n) is 5.75. The van der Waals surface area contributed by atoms with Gasteiger partial charge in [-0.15, -0.1) is 0 Å². The topological polar surface area (TPSA) is 91.9 Å². The number of amides is 1. The Morgan fingerprint density at radius 3 is 2.61 bits per heavy atom. The van der Waals surface area contributed by atoms with Crippen molar-refractivity contribution < 1.29 is 13.2 Å². The van der Waals surface area contributed by atoms with Crippen molar-refractivity contribution in [2.75, 3.05) is 11.5 Å². The molecule has 1 amide bonds. The Hall–Kier alpha value is -1.89. The van der Waals surface area contributed by atoms with Gasteiger partial charge in [0, 0.05) is 5.75 Å². The first-order chi connectivity index (χ1) is 10.9. The lowest BCUT2D eigenvalue weighted by molar-refractivity contribution is -0.119. The zero-order valence-electron chi connectivity index (χ0n) is 13.7. The number of imidazole rings is 1. The second kappa shape index (κ2) is 7.12. The van der Waals surface area contributed by atoms with Gasteiger partial charge in [0.2, 0.25) is 5.91 Å². The molecule has 0 saturated carbocycles. The van der Waals surface area contributed by atoms with Crippen LogP contribution in [0.25, 0.3) is 11.0 Å². The molecule has 7 heteroatoms. The van der Waals surface area contributed by atoms with E-state index in [-0.39, 0.29) is 17.7 Å². The molecule has 6 nitrogen and oxygen atoms in total. The van der Waals surface area contributed by atoms with Crippen LogP contribution in [-0.2, 0) is 14.6 Å². The van der Waals surface area contributed by atoms with Gasteiger partial charge >= 0.3 is 0 Å². The van der Waals surface area contributed by atoms with Crippen molar-refractivity contribution >= 4 is 26.8 Å². The highest BCUT2D eigenvalue weighted by Crippen LogP contribution is 2.24. The van der Waals surface area contributed by atoms with Gasteiger partial charge in [-0.05, 0) is 18.1 Å². The minimum atomic E-state index is -3.35. The van der Waals surface area contributed by atoms with Crippen LogP contribution in [0.4, 0.5) is 0 Å². The lowest BCUT2D eigenvalue weighted by atomic mass is 9.98. The first-order valence-corrected chi connectivity index (χ1v) is 9.62. The Morgan fingerprint density at radius 1 is 1.30 bits per heavy atom. The van der Waals surface area contributed by atoms with Crippen LogP contribution in [0.2, 0.25) is 0 Å². The number of para-hydroxylation sites is 2. The number of hydrogen-bond donors (Lipinski definition) is 2. The van der Waals surface area contributed by atoms with E-state index in [1.54, 1.807) is 0 Å². The van der Waals surface area contributed by atoms with E-state index >= 15 is 0 Å². The third-order valence-corrected chi connectivity index (χ3v) is 5.60. The number of benzene rings is 1. The lowest BCUT2D eigenvalue weighted by Gasteiger charge is -2.22. The summed E-state index contributed by atoms with van der Waals surface area (Å²) in [5.41, 5.74) is 1.72. The van der Waals surface area contributed by atoms with Crippen LogP contribution in [0.1, 0.15) is 39.1 Å². The number of sulfone groups is 1. The molecule has 2 N–H and O–H groups in total. The number of carbonyl (C=O) groups is 1. The summed E-state index contributed by atoms with van der Waals surface area (Å²) in [6.45, 7) is 5.57. The van der Waals surface area contributed by atoms with Crippen molar-refractivity contribution in [1.29, 1.82) is 0 Å². The smallest absolute Gasteiger partial charge is 0.235 e. The van der Waals surface area contributed by atoms with Gasteiger partial charge in [0.05, 0.1) is 17.1 Å². The van der Waals surface area contributed by atoms with E-state index in [2.05, 4.69) is 15.3 Å². The summed E-state index contributed by atoms with van der Waals surface area (Å²) in [4.78, 5) is 19.9. The molecular formula is C16H23N3O3S. The molecule has 0 bridgehead atoms. The van der Waals surface area contributed by atoms with Crippen LogP contribution in [-0.4, -0.2) is 35.8 Å². The fourth-order valence-corrected chi connectivity index (χ4v) is 3.04. The number of aromatic nitrogens is 2. The van der Waals surface area contributed by atoms with E-state index in [0.29, 0.717) is 5.82 Å². The first-order valence-electron chi connectivity index (χ1n) is 7.80. The van der Waals surface area contributed by atoms with E-state index in [1.807, 2.05) is 38.1 Å². The van der Waals surface area contributed by atoms with Gasteiger partial charge < -0.3 is 10.3 Å². The van der Waals surface area contributed by atoms with Gasteiger partial charge in [0.1, 0.15) is 11.6 Å². The Bertz CT molecular complexity index is 750. The van der Waals surface area contributed by atoms with Crippen LogP contribution in [0.5, 0.6) is 0 Å². The molecule has 0 aliphatic heterocycles. The standard InChI is InChI=1S/C16H23N3O3S/c1-4-11(3)15(19-14(20)10-23(21,22)5-2)16-17-12-8-6-7-9-13(12)18-16/h6-9,11,15H,4-5,10H2,1-3H3,(H,17,18)(H,19,20)/t11-,15+/m1/s1. The Balaban J connectivity index is 2.25. The van der Waals surface area contributed by atoms with E-state index in [4.69, 9.17) is 0 Å². The molecule has 0 spiro atoms. The molecule has 0 aliphatic carbocycles. The molecule has 2 atom stereocenters. The molecule has 1 heterocycles. The quantitative estimate of drug-likeness (QED) is 0.810. The maximum absolute atomic E-state index is 12.1. The van der Waals surface area contributed by atoms with Crippen LogP contribution in [0.15, 0.2) is 24.3 Å². The Morgan fingerprint density at radius 2 is 2.00 bits per heavy atom. The van der Waals surface area contributed by atoms with Crippen molar-refractivity contribution in [1.82, 2.24) is 15.3 Å². The number of nitrogens with zero attached hydrogens (tertiary/aromatic N) is 1. The molecule has 0 fully saturated rings. The molecule has 1 aromatic carbocycles. The summed E-state index contributed by atoms with van der Waals surface area (Å²) < 4.78 is 23.2. The highest BCUT2D eigenvalue weighted by molar-refractivity contribution is 7.92. The summed E-state index contributed by atoms with van der Waals surface area (Å²) in [6, 6.07) is 7.29. The predicted molar refractivity (Wildman–Crippen MR) is 90.8 cm³/mol. The zero-order chi connectivity index (χ0) is 17.0. The molecule has 0 aliphatic rings. The minimum Gasteiger partial charge on any atom is -0.345 e. The second-order valence-corrected chi connectivity index (χ2v) is 8.10. The van der Waals surface area contributed by atoms with Gasteiger partial charge in [-0.1, -0.05) is 39.3 Å². The number of carbonyl (C=O) groups excluding carboxylic acids is 1. The third-order valence-electron chi connectivity index (χ3n) is 4.02. The van der Waals surface area contributed by atoms with Crippen LogP contribution >= 0.6 is 0 Å². The fourth-order valence-electron chi connectivity index (χ4n) is 2.35. The molecule has 23 heavy (non-hydrogen) atoms. The van der Waals surface area contributed by atoms with E-state index in [0.717, 1.165) is 17.5 Å². The molecule has 2 aromatic rings. The van der Waals surface area contributed by atoms with Gasteiger partial charge in [-0.3, -0.25) is 4.79 Å². The molecule has 0 unspecified atom stereocenters. The summed E-state index contributed by atoms with van der Waals surface area (Å²) >= 11 is 0. The molecule has 1 aromatic heterocycles. The molecule has 2 rings (SSSR count). The van der Waals surface area contributed by atoms with Gasteiger partial charge in [-0.2, -0.15) is 0 Å². The summed E-state index contributed by atoms with van der Waals surface area (Å²) in [6.07, 6.45) is 0.836. The van der Waals surface area contributed by atoms with Gasteiger partial charge in [-0.25, -0.2) is 13.4 Å². The maximum Gasteiger partial charge on any atom is 0.235 e. The number of hydrogen-bond acceptors (Lipinski definition) is 4. The van der Waals surface area contributed by atoms with Crippen molar-refractivity contribution in [3.05, 3.63) is 30.1 Å². The average Bonchev–Trinajstić information content (AvgIpc) is 2.95. The summed E-state index contributed by atoms with van der Waals surface area (Å²) in [5, 5.41) is 2.82. The monoisotopic (exact) mass is 337 g/mol. The normalized spacial score (nSPS) is 14.6. The minimum absolute atomic E-state index is 0.0426. The number of H-pyrrole nitrogens is 1. The maximum atomic E-state index is 12.1. The lowest BCUT2D eigenvalue weighted by Crippen LogP contribution is -2.37. The Labute approximate surface area is 136 Å². The highest BCUT2D eigenvalue weighted by Gasteiger charge is 2.25. The Kier molecular flexibility index (Phi) is 5.41. The van der Waals surface area contributed by atoms with Crippen molar-refractivity contribution in [2.24, 2.45) is 5.92 Å². The summed E-state index contributed by atoms with van der Waals surface area (Å²) in [7, 11) is -3.35. The number of rotatable bonds is 7.